The number of hydrogen-bond acceptors (Lipinski definition) is 4. The number of carbonyl (C=O) groups is 2. The van der Waals surface area contributed by atoms with Crippen LogP contribution in [0.4, 0.5) is 4.79 Å². The molecule has 3 amide bonds. The van der Waals surface area contributed by atoms with Gasteiger partial charge in [0.2, 0.25) is 0 Å². The van der Waals surface area contributed by atoms with Gasteiger partial charge in [-0.2, -0.15) is 0 Å². The molecule has 0 aromatic carbocycles. The highest BCUT2D eigenvalue weighted by molar-refractivity contribution is 6.07. The third-order valence-electron chi connectivity index (χ3n) is 6.06. The zero-order valence-electron chi connectivity index (χ0n) is 17.0. The topological polar surface area (TPSA) is 56.8 Å². The number of piperidine rings is 1. The molecule has 27 heavy (non-hydrogen) atoms. The fourth-order valence-electron chi connectivity index (χ4n) is 4.27. The zero-order chi connectivity index (χ0) is 19.6. The Morgan fingerprint density at radius 2 is 1.85 bits per heavy atom. The molecule has 0 radical (unpaired) electrons. The van der Waals surface area contributed by atoms with Crippen molar-refractivity contribution in [3.8, 4) is 0 Å². The molecule has 0 N–H and O–H groups in total. The normalized spacial score (nSPS) is 21.5. The Hall–Kier alpha value is -1.95. The summed E-state index contributed by atoms with van der Waals surface area (Å²) < 4.78 is 0. The van der Waals surface area contributed by atoms with Crippen molar-refractivity contribution in [2.45, 2.75) is 65.1 Å². The first-order valence-electron chi connectivity index (χ1n) is 10.2. The summed E-state index contributed by atoms with van der Waals surface area (Å²) in [6.45, 7) is 11.2. The Balaban J connectivity index is 1.84. The van der Waals surface area contributed by atoms with Crippen LogP contribution in [0.5, 0.6) is 0 Å². The molecule has 0 bridgehead atoms. The molecule has 6 heteroatoms. The van der Waals surface area contributed by atoms with Gasteiger partial charge in [0.1, 0.15) is 5.54 Å². The van der Waals surface area contributed by atoms with Gasteiger partial charge < -0.3 is 9.80 Å². The smallest absolute Gasteiger partial charge is 0.309 e. The highest BCUT2D eigenvalue weighted by atomic mass is 16.2. The molecule has 1 atom stereocenters. The van der Waals surface area contributed by atoms with Crippen molar-refractivity contribution in [3.05, 3.63) is 30.1 Å². The molecule has 0 unspecified atom stereocenters. The Labute approximate surface area is 162 Å². The number of carbonyl (C=O) groups excluding carboxylic acids is 2. The molecule has 2 aliphatic rings. The van der Waals surface area contributed by atoms with Crippen LogP contribution in [0.2, 0.25) is 0 Å². The first-order valence-corrected chi connectivity index (χ1v) is 10.2. The fraction of sp³-hybridized carbons (Fsp3) is 0.667. The van der Waals surface area contributed by atoms with Crippen molar-refractivity contribution in [2.24, 2.45) is 5.92 Å². The second kappa shape index (κ2) is 7.97. The minimum Gasteiger partial charge on any atom is -0.309 e. The highest BCUT2D eigenvalue weighted by Gasteiger charge is 2.58. The highest BCUT2D eigenvalue weighted by Crippen LogP contribution is 2.39. The summed E-state index contributed by atoms with van der Waals surface area (Å²) in [5.41, 5.74) is 0.0675. The minimum atomic E-state index is -0.680. The van der Waals surface area contributed by atoms with E-state index in [4.69, 9.17) is 0 Å². The van der Waals surface area contributed by atoms with E-state index >= 15 is 0 Å². The fourth-order valence-corrected chi connectivity index (χ4v) is 4.27. The number of aromatic nitrogens is 1. The van der Waals surface area contributed by atoms with E-state index < -0.39 is 5.54 Å². The first kappa shape index (κ1) is 19.8. The standard InChI is InChI=1S/C21H32N4O2/c1-5-17(4)23-12-9-21(10-13-23)19(26)24(15-18-8-6-7-11-22-18)20(27)25(21)14-16(2)3/h6-8,11,16-17H,5,9-10,12-15H2,1-4H3/t17-/m0/s1. The molecule has 1 spiro atoms. The Morgan fingerprint density at radius 3 is 2.41 bits per heavy atom. The molecule has 1 aromatic heterocycles. The molecule has 2 saturated heterocycles. The van der Waals surface area contributed by atoms with E-state index in [1.165, 1.54) is 4.90 Å². The van der Waals surface area contributed by atoms with Crippen molar-refractivity contribution in [2.75, 3.05) is 19.6 Å². The second-order valence-electron chi connectivity index (χ2n) is 8.32. The van der Waals surface area contributed by atoms with Crippen LogP contribution >= 0.6 is 0 Å². The summed E-state index contributed by atoms with van der Waals surface area (Å²) in [6, 6.07) is 5.95. The molecule has 2 fully saturated rings. The van der Waals surface area contributed by atoms with Gasteiger partial charge in [0, 0.05) is 31.9 Å². The molecule has 1 aromatic rings. The van der Waals surface area contributed by atoms with Crippen LogP contribution < -0.4 is 0 Å². The largest absolute Gasteiger partial charge is 0.328 e. The van der Waals surface area contributed by atoms with Gasteiger partial charge >= 0.3 is 6.03 Å². The number of rotatable bonds is 6. The maximum Gasteiger partial charge on any atom is 0.328 e. The van der Waals surface area contributed by atoms with Crippen LogP contribution in [0.1, 0.15) is 52.7 Å². The lowest BCUT2D eigenvalue weighted by Crippen LogP contribution is -2.58. The van der Waals surface area contributed by atoms with E-state index in [0.717, 1.165) is 25.2 Å². The second-order valence-corrected chi connectivity index (χ2v) is 8.32. The molecule has 2 aliphatic heterocycles. The molecule has 3 rings (SSSR count). The van der Waals surface area contributed by atoms with E-state index in [9.17, 15) is 9.59 Å². The molecule has 3 heterocycles. The van der Waals surface area contributed by atoms with Gasteiger partial charge in [-0.3, -0.25) is 14.7 Å². The lowest BCUT2D eigenvalue weighted by atomic mass is 9.84. The summed E-state index contributed by atoms with van der Waals surface area (Å²) in [6.07, 6.45) is 4.23. The average molecular weight is 373 g/mol. The van der Waals surface area contributed by atoms with Crippen molar-refractivity contribution in [1.82, 2.24) is 19.7 Å². The van der Waals surface area contributed by atoms with Crippen LogP contribution in [-0.4, -0.2) is 62.8 Å². The van der Waals surface area contributed by atoms with E-state index in [1.807, 2.05) is 23.1 Å². The summed E-state index contributed by atoms with van der Waals surface area (Å²) >= 11 is 0. The van der Waals surface area contributed by atoms with Crippen molar-refractivity contribution >= 4 is 11.9 Å². The molecule has 0 saturated carbocycles. The van der Waals surface area contributed by atoms with Crippen LogP contribution in [0.25, 0.3) is 0 Å². The maximum atomic E-state index is 13.5. The number of hydrogen-bond donors (Lipinski definition) is 0. The van der Waals surface area contributed by atoms with E-state index in [0.29, 0.717) is 31.3 Å². The van der Waals surface area contributed by atoms with E-state index in [2.05, 4.69) is 37.6 Å². The summed E-state index contributed by atoms with van der Waals surface area (Å²) in [5, 5.41) is 0. The number of likely N-dealkylation sites (tertiary alicyclic amines) is 1. The van der Waals surface area contributed by atoms with E-state index in [-0.39, 0.29) is 18.5 Å². The van der Waals surface area contributed by atoms with Crippen LogP contribution in [0.3, 0.4) is 0 Å². The predicted molar refractivity (Wildman–Crippen MR) is 105 cm³/mol. The summed E-state index contributed by atoms with van der Waals surface area (Å²) in [7, 11) is 0. The van der Waals surface area contributed by atoms with Gasteiger partial charge in [-0.1, -0.05) is 26.8 Å². The van der Waals surface area contributed by atoms with Crippen LogP contribution in [0.15, 0.2) is 24.4 Å². The van der Waals surface area contributed by atoms with Gasteiger partial charge in [0.15, 0.2) is 0 Å². The van der Waals surface area contributed by atoms with E-state index in [1.54, 1.807) is 6.20 Å². The first-order chi connectivity index (χ1) is 12.9. The molecular formula is C21H32N4O2. The van der Waals surface area contributed by atoms with Gasteiger partial charge in [0.25, 0.3) is 5.91 Å². The van der Waals surface area contributed by atoms with Crippen molar-refractivity contribution in [3.63, 3.8) is 0 Å². The maximum absolute atomic E-state index is 13.5. The van der Waals surface area contributed by atoms with Gasteiger partial charge in [-0.25, -0.2) is 4.79 Å². The minimum absolute atomic E-state index is 0.0393. The Kier molecular flexibility index (Phi) is 5.84. The molecule has 6 nitrogen and oxygen atoms in total. The monoisotopic (exact) mass is 372 g/mol. The summed E-state index contributed by atoms with van der Waals surface area (Å²) in [5.74, 6) is 0.281. The predicted octanol–water partition coefficient (Wildman–Crippen LogP) is 3.13. The number of imide groups is 1. The number of pyridine rings is 1. The van der Waals surface area contributed by atoms with Crippen molar-refractivity contribution in [1.29, 1.82) is 0 Å². The number of nitrogens with zero attached hydrogens (tertiary/aromatic N) is 4. The van der Waals surface area contributed by atoms with Crippen LogP contribution in [0, 0.1) is 5.92 Å². The molecular weight excluding hydrogens is 340 g/mol. The quantitative estimate of drug-likeness (QED) is 0.720. The Morgan fingerprint density at radius 1 is 1.15 bits per heavy atom. The zero-order valence-corrected chi connectivity index (χ0v) is 17.0. The van der Waals surface area contributed by atoms with Gasteiger partial charge in [0.05, 0.1) is 12.2 Å². The molecule has 0 aliphatic carbocycles. The third kappa shape index (κ3) is 3.72. The summed E-state index contributed by atoms with van der Waals surface area (Å²) in [4.78, 5) is 36.7. The van der Waals surface area contributed by atoms with Gasteiger partial charge in [-0.05, 0) is 44.2 Å². The molecule has 148 valence electrons. The number of urea groups is 1. The number of amides is 3. The van der Waals surface area contributed by atoms with Crippen molar-refractivity contribution < 1.29 is 9.59 Å². The average Bonchev–Trinajstić information content (AvgIpc) is 2.85. The third-order valence-corrected chi connectivity index (χ3v) is 6.06. The van der Waals surface area contributed by atoms with Gasteiger partial charge in [-0.15, -0.1) is 0 Å². The SMILES string of the molecule is CC[C@H](C)N1CCC2(CC1)C(=O)N(Cc1ccccn1)C(=O)N2CC(C)C. The Bertz CT molecular complexity index is 668. The lowest BCUT2D eigenvalue weighted by molar-refractivity contribution is -0.136. The van der Waals surface area contributed by atoms with Crippen LogP contribution in [-0.2, 0) is 11.3 Å². The lowest BCUT2D eigenvalue weighted by Gasteiger charge is -2.44.